The molecule has 0 radical (unpaired) electrons. The summed E-state index contributed by atoms with van der Waals surface area (Å²) < 4.78 is 0. The summed E-state index contributed by atoms with van der Waals surface area (Å²) in [6.07, 6.45) is 1.77. The molecule has 1 aliphatic heterocycles. The average Bonchev–Trinajstić information content (AvgIpc) is 2.34. The number of fused-ring (bicyclic) bond motifs is 1. The Kier molecular flexibility index (Phi) is 1.12. The second kappa shape index (κ2) is 1.98. The highest BCUT2D eigenvalue weighted by Crippen LogP contribution is 2.22. The number of aromatic nitrogens is 2. The van der Waals surface area contributed by atoms with E-state index in [4.69, 9.17) is 0 Å². The van der Waals surface area contributed by atoms with Crippen molar-refractivity contribution in [3.8, 4) is 0 Å². The predicted molar refractivity (Wildman–Crippen MR) is 39.2 cm³/mol. The highest BCUT2D eigenvalue weighted by Gasteiger charge is 2.21. The van der Waals surface area contributed by atoms with Gasteiger partial charge in [-0.2, -0.15) is 5.10 Å². The van der Waals surface area contributed by atoms with Crippen LogP contribution in [0.15, 0.2) is 6.20 Å². The van der Waals surface area contributed by atoms with Crippen LogP contribution in [-0.4, -0.2) is 16.2 Å². The maximum absolute atomic E-state index is 10.9. The maximum Gasteiger partial charge on any atom is 0.320 e. The van der Waals surface area contributed by atoms with E-state index in [1.165, 1.54) is 0 Å². The zero-order chi connectivity index (χ0) is 7.84. The topological polar surface area (TPSA) is 69.8 Å². The summed E-state index contributed by atoms with van der Waals surface area (Å²) in [4.78, 5) is 10.9. The molecule has 0 saturated heterocycles. The molecule has 2 heterocycles. The summed E-state index contributed by atoms with van der Waals surface area (Å²) in [5, 5.41) is 11.8. The van der Waals surface area contributed by atoms with Crippen LogP contribution >= 0.6 is 0 Å². The first-order valence-corrected chi connectivity index (χ1v) is 3.38. The largest absolute Gasteiger partial charge is 0.331 e. The maximum atomic E-state index is 10.9. The zero-order valence-corrected chi connectivity index (χ0v) is 6.01. The number of H-pyrrole nitrogens is 1. The Morgan fingerprint density at radius 1 is 1.64 bits per heavy atom. The van der Waals surface area contributed by atoms with Crippen molar-refractivity contribution in [1.82, 2.24) is 15.5 Å². The van der Waals surface area contributed by atoms with Crippen molar-refractivity contribution in [2.24, 2.45) is 0 Å². The number of rotatable bonds is 0. The van der Waals surface area contributed by atoms with Crippen LogP contribution in [0.4, 0.5) is 10.6 Å². The molecule has 1 aromatic rings. The third-order valence-corrected chi connectivity index (χ3v) is 1.72. The summed E-state index contributed by atoms with van der Waals surface area (Å²) in [5.74, 6) is 0.626. The lowest BCUT2D eigenvalue weighted by molar-refractivity contribution is 0.248. The quantitative estimate of drug-likeness (QED) is 0.509. The van der Waals surface area contributed by atoms with E-state index in [-0.39, 0.29) is 12.1 Å². The molecule has 0 aromatic carbocycles. The number of aromatic amines is 1. The molecule has 58 valence electrons. The molecule has 0 bridgehead atoms. The number of hydrogen-bond acceptors (Lipinski definition) is 2. The van der Waals surface area contributed by atoms with Gasteiger partial charge in [-0.05, 0) is 6.92 Å². The van der Waals surface area contributed by atoms with Gasteiger partial charge in [0.05, 0.1) is 6.04 Å². The van der Waals surface area contributed by atoms with E-state index in [9.17, 15) is 4.79 Å². The van der Waals surface area contributed by atoms with Gasteiger partial charge in [0.1, 0.15) is 0 Å². The van der Waals surface area contributed by atoms with Crippen molar-refractivity contribution < 1.29 is 4.79 Å². The molecule has 1 atom stereocenters. The average molecular weight is 152 g/mol. The van der Waals surface area contributed by atoms with Gasteiger partial charge in [0.15, 0.2) is 5.82 Å². The number of carbonyl (C=O) groups is 1. The number of carbonyl (C=O) groups excluding carboxylic acids is 1. The van der Waals surface area contributed by atoms with Gasteiger partial charge in [-0.1, -0.05) is 0 Å². The van der Waals surface area contributed by atoms with Gasteiger partial charge in [-0.25, -0.2) is 4.79 Å². The van der Waals surface area contributed by atoms with Gasteiger partial charge in [0.25, 0.3) is 0 Å². The SMILES string of the molecule is CC1NC(=O)Nc2n[nH]cc21. The number of hydrogen-bond donors (Lipinski definition) is 3. The van der Waals surface area contributed by atoms with Gasteiger partial charge in [-0.3, -0.25) is 10.4 Å². The van der Waals surface area contributed by atoms with E-state index >= 15 is 0 Å². The number of nitrogens with zero attached hydrogens (tertiary/aromatic N) is 1. The Labute approximate surface area is 63.2 Å². The normalized spacial score (nSPS) is 21.9. The highest BCUT2D eigenvalue weighted by molar-refractivity contribution is 5.91. The Morgan fingerprint density at radius 2 is 2.45 bits per heavy atom. The number of amides is 2. The van der Waals surface area contributed by atoms with Crippen molar-refractivity contribution in [3.63, 3.8) is 0 Å². The molecule has 2 amide bonds. The molecule has 5 nitrogen and oxygen atoms in total. The van der Waals surface area contributed by atoms with Crippen molar-refractivity contribution in [3.05, 3.63) is 11.8 Å². The molecule has 0 fully saturated rings. The second-order valence-electron chi connectivity index (χ2n) is 2.51. The Hall–Kier alpha value is -1.52. The molecule has 0 saturated carbocycles. The lowest BCUT2D eigenvalue weighted by atomic mass is 10.1. The summed E-state index contributed by atoms with van der Waals surface area (Å²) in [5.41, 5.74) is 0.990. The molecule has 0 aliphatic carbocycles. The van der Waals surface area contributed by atoms with Crippen molar-refractivity contribution in [2.75, 3.05) is 5.32 Å². The van der Waals surface area contributed by atoms with Gasteiger partial charge in [0.2, 0.25) is 0 Å². The minimum Gasteiger partial charge on any atom is -0.331 e. The fraction of sp³-hybridized carbons (Fsp3) is 0.333. The first-order chi connectivity index (χ1) is 5.27. The van der Waals surface area contributed by atoms with Crippen LogP contribution in [-0.2, 0) is 0 Å². The van der Waals surface area contributed by atoms with Crippen LogP contribution in [0.3, 0.4) is 0 Å². The summed E-state index contributed by atoms with van der Waals surface area (Å²) >= 11 is 0. The van der Waals surface area contributed by atoms with Crippen LogP contribution in [0.25, 0.3) is 0 Å². The first kappa shape index (κ1) is 6.21. The van der Waals surface area contributed by atoms with Crippen molar-refractivity contribution in [2.45, 2.75) is 13.0 Å². The second-order valence-corrected chi connectivity index (χ2v) is 2.51. The van der Waals surface area contributed by atoms with Crippen LogP contribution in [0.1, 0.15) is 18.5 Å². The molecular weight excluding hydrogens is 144 g/mol. The molecule has 1 unspecified atom stereocenters. The smallest absolute Gasteiger partial charge is 0.320 e. The van der Waals surface area contributed by atoms with E-state index in [2.05, 4.69) is 20.8 Å². The zero-order valence-electron chi connectivity index (χ0n) is 6.01. The molecule has 1 aromatic heterocycles. The van der Waals surface area contributed by atoms with Gasteiger partial charge in [0, 0.05) is 11.8 Å². The van der Waals surface area contributed by atoms with Crippen molar-refractivity contribution >= 4 is 11.8 Å². The summed E-state index contributed by atoms with van der Waals surface area (Å²) in [6.45, 7) is 1.91. The van der Waals surface area contributed by atoms with E-state index in [1.54, 1.807) is 6.20 Å². The van der Waals surface area contributed by atoms with Crippen LogP contribution in [0, 0.1) is 0 Å². The fourth-order valence-electron chi connectivity index (χ4n) is 1.15. The monoisotopic (exact) mass is 152 g/mol. The van der Waals surface area contributed by atoms with Gasteiger partial charge >= 0.3 is 6.03 Å². The lowest BCUT2D eigenvalue weighted by Gasteiger charge is -2.19. The number of nitrogens with one attached hydrogen (secondary N) is 3. The van der Waals surface area contributed by atoms with E-state index in [0.29, 0.717) is 5.82 Å². The molecule has 3 N–H and O–H groups in total. The fourth-order valence-corrected chi connectivity index (χ4v) is 1.15. The van der Waals surface area contributed by atoms with E-state index in [0.717, 1.165) is 5.56 Å². The van der Waals surface area contributed by atoms with Crippen LogP contribution in [0.2, 0.25) is 0 Å². The minimum atomic E-state index is -0.197. The third kappa shape index (κ3) is 0.849. The molecule has 1 aliphatic rings. The standard InChI is InChI=1S/C6H8N4O/c1-3-4-2-7-10-5(4)9-6(11)8-3/h2-3H,1H3,(H3,7,8,9,10,11). The first-order valence-electron chi connectivity index (χ1n) is 3.38. The Morgan fingerprint density at radius 3 is 3.27 bits per heavy atom. The summed E-state index contributed by atoms with van der Waals surface area (Å²) in [7, 11) is 0. The van der Waals surface area contributed by atoms with Gasteiger partial charge < -0.3 is 5.32 Å². The molecule has 11 heavy (non-hydrogen) atoms. The molecule has 5 heteroatoms. The molecule has 2 rings (SSSR count). The number of urea groups is 1. The van der Waals surface area contributed by atoms with E-state index in [1.807, 2.05) is 6.92 Å². The Balaban J connectivity index is 2.43. The minimum absolute atomic E-state index is 0.0394. The number of anilines is 1. The third-order valence-electron chi connectivity index (χ3n) is 1.72. The van der Waals surface area contributed by atoms with Crippen LogP contribution < -0.4 is 10.6 Å². The van der Waals surface area contributed by atoms with E-state index < -0.39 is 0 Å². The predicted octanol–water partition coefficient (Wildman–Crippen LogP) is 0.606. The highest BCUT2D eigenvalue weighted by atomic mass is 16.2. The Bertz CT molecular complexity index is 293. The van der Waals surface area contributed by atoms with Crippen molar-refractivity contribution in [1.29, 1.82) is 0 Å². The van der Waals surface area contributed by atoms with Crippen LogP contribution in [0.5, 0.6) is 0 Å². The summed E-state index contributed by atoms with van der Waals surface area (Å²) in [6, 6.07) is -0.158. The van der Waals surface area contributed by atoms with Gasteiger partial charge in [-0.15, -0.1) is 0 Å². The molecule has 0 spiro atoms. The molecular formula is C6H8N4O. The lowest BCUT2D eigenvalue weighted by Crippen LogP contribution is -2.35.